The van der Waals surface area contributed by atoms with Crippen LogP contribution in [0.4, 0.5) is 4.39 Å². The minimum atomic E-state index is -1.26. The van der Waals surface area contributed by atoms with Gasteiger partial charge in [0, 0.05) is 35.5 Å². The number of pyridine rings is 1. The molecule has 2 aromatic rings. The van der Waals surface area contributed by atoms with Gasteiger partial charge in [-0.2, -0.15) is 0 Å². The maximum Gasteiger partial charge on any atom is 0.328 e. The number of hydrogen-bond acceptors (Lipinski definition) is 4. The Morgan fingerprint density at radius 2 is 1.73 bits per heavy atom. The summed E-state index contributed by atoms with van der Waals surface area (Å²) in [6.45, 7) is 4.04. The van der Waals surface area contributed by atoms with Crippen LogP contribution < -0.4 is 5.73 Å². The number of halogens is 1. The molecule has 26 heavy (non-hydrogen) atoms. The zero-order valence-corrected chi connectivity index (χ0v) is 14.5. The predicted octanol–water partition coefficient (Wildman–Crippen LogP) is 2.91. The van der Waals surface area contributed by atoms with Crippen molar-refractivity contribution in [2.24, 2.45) is 5.73 Å². The highest BCUT2D eigenvalue weighted by molar-refractivity contribution is 5.89. The van der Waals surface area contributed by atoms with Crippen molar-refractivity contribution in [3.63, 3.8) is 0 Å². The van der Waals surface area contributed by atoms with Crippen LogP contribution in [0.1, 0.15) is 31.1 Å². The molecular weight excluding hydrogens is 339 g/mol. The van der Waals surface area contributed by atoms with Gasteiger partial charge in [0.05, 0.1) is 0 Å². The van der Waals surface area contributed by atoms with Crippen LogP contribution in [-0.4, -0.2) is 27.1 Å². The first-order valence-electron chi connectivity index (χ1n) is 7.71. The zero-order valence-electron chi connectivity index (χ0n) is 14.5. The molecule has 0 saturated carbocycles. The molecular formula is C19H21FN2O4. The van der Waals surface area contributed by atoms with E-state index in [9.17, 15) is 14.0 Å². The Kier molecular flexibility index (Phi) is 7.61. The second-order valence-corrected chi connectivity index (χ2v) is 5.98. The highest BCUT2D eigenvalue weighted by atomic mass is 19.1. The second kappa shape index (κ2) is 9.43. The van der Waals surface area contributed by atoms with Crippen LogP contribution in [0.25, 0.3) is 0 Å². The summed E-state index contributed by atoms with van der Waals surface area (Å²) in [6, 6.07) is 11.9. The standard InChI is InChI=1S/C15H17FN2.C4H4O4/c1-15(2,13-8-3-4-9-18-13)14(17)11-6-5-7-12(16)10-11;5-3(6)1-2-4(7)8/h3-10,14H,17H2,1-2H3;1-2H,(H,5,6)(H,7,8)/t14-;/m1./s1. The lowest BCUT2D eigenvalue weighted by atomic mass is 9.78. The molecule has 138 valence electrons. The molecule has 7 heteroatoms. The number of nitrogens with zero attached hydrogens (tertiary/aromatic N) is 1. The summed E-state index contributed by atoms with van der Waals surface area (Å²) in [7, 11) is 0. The molecule has 0 unspecified atom stereocenters. The molecule has 0 aliphatic heterocycles. The summed E-state index contributed by atoms with van der Waals surface area (Å²) in [5.41, 5.74) is 7.60. The number of carboxylic acid groups (broad SMARTS) is 2. The van der Waals surface area contributed by atoms with Crippen LogP contribution in [0.2, 0.25) is 0 Å². The van der Waals surface area contributed by atoms with Crippen molar-refractivity contribution in [3.05, 3.63) is 77.9 Å². The molecule has 0 bridgehead atoms. The quantitative estimate of drug-likeness (QED) is 0.707. The fourth-order valence-corrected chi connectivity index (χ4v) is 2.16. The van der Waals surface area contributed by atoms with Crippen molar-refractivity contribution in [1.82, 2.24) is 4.98 Å². The third kappa shape index (κ3) is 6.45. The molecule has 4 N–H and O–H groups in total. The average Bonchev–Trinajstić information content (AvgIpc) is 2.60. The summed E-state index contributed by atoms with van der Waals surface area (Å²) < 4.78 is 13.2. The van der Waals surface area contributed by atoms with Crippen molar-refractivity contribution in [1.29, 1.82) is 0 Å². The molecule has 0 aliphatic rings. The number of aromatic nitrogens is 1. The first-order valence-corrected chi connectivity index (χ1v) is 7.71. The monoisotopic (exact) mass is 360 g/mol. The van der Waals surface area contributed by atoms with Crippen LogP contribution >= 0.6 is 0 Å². The van der Waals surface area contributed by atoms with Crippen LogP contribution in [0, 0.1) is 5.82 Å². The molecule has 0 saturated heterocycles. The Hall–Kier alpha value is -3.06. The maximum atomic E-state index is 13.2. The van der Waals surface area contributed by atoms with E-state index in [1.807, 2.05) is 38.1 Å². The number of benzene rings is 1. The van der Waals surface area contributed by atoms with E-state index >= 15 is 0 Å². The van der Waals surface area contributed by atoms with E-state index in [0.717, 1.165) is 11.3 Å². The lowest BCUT2D eigenvalue weighted by Crippen LogP contribution is -2.34. The van der Waals surface area contributed by atoms with Crippen LogP contribution in [0.15, 0.2) is 60.8 Å². The van der Waals surface area contributed by atoms with E-state index < -0.39 is 11.9 Å². The van der Waals surface area contributed by atoms with Gasteiger partial charge in [0.25, 0.3) is 0 Å². The molecule has 0 radical (unpaired) electrons. The smallest absolute Gasteiger partial charge is 0.328 e. The molecule has 1 aromatic heterocycles. The van der Waals surface area contributed by atoms with Gasteiger partial charge in [0.1, 0.15) is 5.82 Å². The SMILES string of the molecule is CC(C)(c1ccccn1)[C@H](N)c1cccc(F)c1.O=C(O)C=CC(=O)O. The first-order chi connectivity index (χ1) is 12.1. The summed E-state index contributed by atoms with van der Waals surface area (Å²) in [5, 5.41) is 15.6. The second-order valence-electron chi connectivity index (χ2n) is 5.98. The van der Waals surface area contributed by atoms with Crippen molar-refractivity contribution in [2.45, 2.75) is 25.3 Å². The fraction of sp³-hybridized carbons (Fsp3) is 0.211. The molecule has 0 aliphatic carbocycles. The molecule has 1 aromatic carbocycles. The maximum absolute atomic E-state index is 13.2. The van der Waals surface area contributed by atoms with Gasteiger partial charge in [-0.25, -0.2) is 14.0 Å². The Morgan fingerprint density at radius 1 is 1.12 bits per heavy atom. The number of aliphatic carboxylic acids is 2. The Labute approximate surface area is 150 Å². The van der Waals surface area contributed by atoms with Gasteiger partial charge in [-0.1, -0.05) is 32.0 Å². The topological polar surface area (TPSA) is 114 Å². The molecule has 0 fully saturated rings. The van der Waals surface area contributed by atoms with Gasteiger partial charge in [-0.3, -0.25) is 4.98 Å². The van der Waals surface area contributed by atoms with E-state index in [2.05, 4.69) is 4.98 Å². The average molecular weight is 360 g/mol. The molecule has 6 nitrogen and oxygen atoms in total. The van der Waals surface area contributed by atoms with E-state index in [4.69, 9.17) is 15.9 Å². The Balaban J connectivity index is 0.000000359. The molecule has 1 atom stereocenters. The van der Waals surface area contributed by atoms with E-state index in [1.54, 1.807) is 12.3 Å². The summed E-state index contributed by atoms with van der Waals surface area (Å²) in [5.74, 6) is -2.78. The van der Waals surface area contributed by atoms with E-state index in [1.165, 1.54) is 12.1 Å². The normalized spacial score (nSPS) is 12.2. The Morgan fingerprint density at radius 3 is 2.19 bits per heavy atom. The first kappa shape index (κ1) is 21.0. The number of carboxylic acids is 2. The molecule has 0 amide bonds. The van der Waals surface area contributed by atoms with Gasteiger partial charge in [-0.05, 0) is 29.8 Å². The molecule has 2 rings (SSSR count). The number of rotatable bonds is 5. The number of carbonyl (C=O) groups is 2. The molecule has 1 heterocycles. The highest BCUT2D eigenvalue weighted by Gasteiger charge is 2.31. The summed E-state index contributed by atoms with van der Waals surface area (Å²) >= 11 is 0. The minimum absolute atomic E-state index is 0.264. The Bertz CT molecular complexity index is 760. The van der Waals surface area contributed by atoms with Gasteiger partial charge >= 0.3 is 11.9 Å². The van der Waals surface area contributed by atoms with E-state index in [-0.39, 0.29) is 17.3 Å². The largest absolute Gasteiger partial charge is 0.478 e. The number of hydrogen-bond donors (Lipinski definition) is 3. The zero-order chi connectivity index (χ0) is 19.7. The lowest BCUT2D eigenvalue weighted by molar-refractivity contribution is -0.134. The minimum Gasteiger partial charge on any atom is -0.478 e. The van der Waals surface area contributed by atoms with Gasteiger partial charge in [-0.15, -0.1) is 0 Å². The van der Waals surface area contributed by atoms with Crippen LogP contribution in [0.3, 0.4) is 0 Å². The van der Waals surface area contributed by atoms with Gasteiger partial charge in [0.2, 0.25) is 0 Å². The number of nitrogens with two attached hydrogens (primary N) is 1. The van der Waals surface area contributed by atoms with E-state index in [0.29, 0.717) is 12.2 Å². The van der Waals surface area contributed by atoms with Gasteiger partial charge in [0.15, 0.2) is 0 Å². The third-order valence-electron chi connectivity index (χ3n) is 3.68. The fourth-order valence-electron chi connectivity index (χ4n) is 2.16. The van der Waals surface area contributed by atoms with Crippen molar-refractivity contribution >= 4 is 11.9 Å². The third-order valence-corrected chi connectivity index (χ3v) is 3.68. The van der Waals surface area contributed by atoms with Crippen LogP contribution in [0.5, 0.6) is 0 Å². The lowest BCUT2D eigenvalue weighted by Gasteiger charge is -2.31. The highest BCUT2D eigenvalue weighted by Crippen LogP contribution is 2.33. The molecule has 0 spiro atoms. The summed E-state index contributed by atoms with van der Waals surface area (Å²) in [4.78, 5) is 23.5. The van der Waals surface area contributed by atoms with Crippen molar-refractivity contribution < 1.29 is 24.2 Å². The predicted molar refractivity (Wildman–Crippen MR) is 95.0 cm³/mol. The van der Waals surface area contributed by atoms with Crippen LogP contribution in [-0.2, 0) is 15.0 Å². The van der Waals surface area contributed by atoms with Gasteiger partial charge < -0.3 is 15.9 Å². The van der Waals surface area contributed by atoms with Crippen molar-refractivity contribution in [3.8, 4) is 0 Å². The summed E-state index contributed by atoms with van der Waals surface area (Å²) in [6.07, 6.45) is 2.86. The van der Waals surface area contributed by atoms with Crippen molar-refractivity contribution in [2.75, 3.05) is 0 Å².